The minimum Gasteiger partial charge on any atom is -0.393 e. The first-order valence-electron chi connectivity index (χ1n) is 13.8. The summed E-state index contributed by atoms with van der Waals surface area (Å²) in [5.74, 6) is 0. The zero-order valence-corrected chi connectivity index (χ0v) is 20.9. The van der Waals surface area contributed by atoms with Crippen LogP contribution in [0.1, 0.15) is 155 Å². The lowest BCUT2D eigenvalue weighted by Gasteiger charge is -2.10. The lowest BCUT2D eigenvalue weighted by molar-refractivity contribution is 0.147. The van der Waals surface area contributed by atoms with Crippen LogP contribution in [0.15, 0.2) is 24.3 Å². The lowest BCUT2D eigenvalue weighted by atomic mass is 10.0. The summed E-state index contributed by atoms with van der Waals surface area (Å²) >= 11 is 0. The summed E-state index contributed by atoms with van der Waals surface area (Å²) in [5, 5.41) is 10.1. The molecule has 0 amide bonds. The first-order valence-corrected chi connectivity index (χ1v) is 13.8. The van der Waals surface area contributed by atoms with Gasteiger partial charge < -0.3 is 5.11 Å². The molecule has 1 atom stereocenters. The quantitative estimate of drug-likeness (QED) is 0.122. The van der Waals surface area contributed by atoms with E-state index < -0.39 is 0 Å². The van der Waals surface area contributed by atoms with E-state index in [-0.39, 0.29) is 6.10 Å². The average Bonchev–Trinajstić information content (AvgIpc) is 2.75. The van der Waals surface area contributed by atoms with Gasteiger partial charge in [-0.2, -0.15) is 0 Å². The van der Waals surface area contributed by atoms with E-state index in [1.165, 1.54) is 122 Å². The normalized spacial score (nSPS) is 13.0. The van der Waals surface area contributed by atoms with Crippen molar-refractivity contribution in [1.29, 1.82) is 0 Å². The number of aliphatic hydroxyl groups excluding tert-OH is 1. The van der Waals surface area contributed by atoms with Crippen molar-refractivity contribution in [3.8, 4) is 0 Å². The van der Waals surface area contributed by atoms with Crippen LogP contribution in [0.5, 0.6) is 0 Å². The first-order chi connectivity index (χ1) is 14.8. The molecule has 0 aromatic carbocycles. The van der Waals surface area contributed by atoms with E-state index in [1.807, 2.05) is 0 Å². The molecule has 0 rings (SSSR count). The second-order valence-electron chi connectivity index (χ2n) is 9.29. The van der Waals surface area contributed by atoms with Gasteiger partial charge in [0.25, 0.3) is 0 Å². The Bertz CT molecular complexity index is 357. The Morgan fingerprint density at radius 3 is 1.33 bits per heavy atom. The van der Waals surface area contributed by atoms with Crippen molar-refractivity contribution in [3.05, 3.63) is 24.3 Å². The Balaban J connectivity index is 3.23. The summed E-state index contributed by atoms with van der Waals surface area (Å²) < 4.78 is 0. The molecule has 0 bridgehead atoms. The molecule has 0 spiro atoms. The number of allylic oxidation sites excluding steroid dienone is 4. The third-order valence-electron chi connectivity index (χ3n) is 6.13. The molecule has 0 radical (unpaired) electrons. The van der Waals surface area contributed by atoms with E-state index in [9.17, 15) is 5.11 Å². The van der Waals surface area contributed by atoms with Crippen LogP contribution in [0.2, 0.25) is 0 Å². The second-order valence-corrected chi connectivity index (χ2v) is 9.29. The monoisotopic (exact) mass is 420 g/mol. The van der Waals surface area contributed by atoms with Crippen LogP contribution in [-0.2, 0) is 0 Å². The van der Waals surface area contributed by atoms with Crippen molar-refractivity contribution >= 4 is 0 Å². The largest absolute Gasteiger partial charge is 0.393 e. The van der Waals surface area contributed by atoms with E-state index in [4.69, 9.17) is 0 Å². The van der Waals surface area contributed by atoms with Gasteiger partial charge in [-0.25, -0.2) is 0 Å². The van der Waals surface area contributed by atoms with Gasteiger partial charge in [0.1, 0.15) is 0 Å². The van der Waals surface area contributed by atoms with E-state index in [0.717, 1.165) is 19.3 Å². The smallest absolute Gasteiger partial charge is 0.0540 e. The Morgan fingerprint density at radius 2 is 0.833 bits per heavy atom. The molecule has 0 saturated heterocycles. The van der Waals surface area contributed by atoms with Crippen molar-refractivity contribution in [2.75, 3.05) is 0 Å². The minimum absolute atomic E-state index is 0.0454. The average molecular weight is 421 g/mol. The van der Waals surface area contributed by atoms with Crippen molar-refractivity contribution < 1.29 is 5.11 Å². The SMILES string of the molecule is CCCCC/C=C\C/C=C\CCCCCCCCC(O)CCCCCCCCCC. The highest BCUT2D eigenvalue weighted by molar-refractivity contribution is 4.92. The van der Waals surface area contributed by atoms with Gasteiger partial charge in [0.15, 0.2) is 0 Å². The summed E-state index contributed by atoms with van der Waals surface area (Å²) in [5.41, 5.74) is 0. The summed E-state index contributed by atoms with van der Waals surface area (Å²) in [6, 6.07) is 0. The van der Waals surface area contributed by atoms with Gasteiger partial charge in [-0.05, 0) is 44.9 Å². The number of unbranched alkanes of at least 4 members (excludes halogenated alkanes) is 16. The van der Waals surface area contributed by atoms with Crippen molar-refractivity contribution in [3.63, 3.8) is 0 Å². The number of hydrogen-bond acceptors (Lipinski definition) is 1. The number of hydrogen-bond donors (Lipinski definition) is 1. The highest BCUT2D eigenvalue weighted by Crippen LogP contribution is 2.15. The van der Waals surface area contributed by atoms with Crippen LogP contribution in [0.25, 0.3) is 0 Å². The maximum atomic E-state index is 10.1. The molecule has 0 aromatic rings. The Kier molecular flexibility index (Phi) is 26.0. The summed E-state index contributed by atoms with van der Waals surface area (Å²) in [4.78, 5) is 0. The highest BCUT2D eigenvalue weighted by Gasteiger charge is 2.03. The molecule has 0 heterocycles. The van der Waals surface area contributed by atoms with Crippen molar-refractivity contribution in [1.82, 2.24) is 0 Å². The lowest BCUT2D eigenvalue weighted by Crippen LogP contribution is -2.05. The van der Waals surface area contributed by atoms with Gasteiger partial charge in [-0.3, -0.25) is 0 Å². The summed E-state index contributed by atoms with van der Waals surface area (Å²) in [7, 11) is 0. The zero-order valence-electron chi connectivity index (χ0n) is 20.9. The molecule has 0 saturated carbocycles. The topological polar surface area (TPSA) is 20.2 Å². The number of rotatable bonds is 24. The van der Waals surface area contributed by atoms with Crippen LogP contribution in [-0.4, -0.2) is 11.2 Å². The molecular weight excluding hydrogens is 364 g/mol. The Morgan fingerprint density at radius 1 is 0.467 bits per heavy atom. The molecular formula is C29H56O. The Hall–Kier alpha value is -0.560. The van der Waals surface area contributed by atoms with Gasteiger partial charge in [-0.1, -0.05) is 134 Å². The molecule has 0 aliphatic rings. The van der Waals surface area contributed by atoms with Crippen LogP contribution in [0.4, 0.5) is 0 Å². The Labute approximate surface area is 190 Å². The van der Waals surface area contributed by atoms with Crippen LogP contribution < -0.4 is 0 Å². The van der Waals surface area contributed by atoms with Crippen LogP contribution in [0.3, 0.4) is 0 Å². The van der Waals surface area contributed by atoms with Gasteiger partial charge in [-0.15, -0.1) is 0 Å². The molecule has 1 nitrogen and oxygen atoms in total. The van der Waals surface area contributed by atoms with Gasteiger partial charge in [0.2, 0.25) is 0 Å². The molecule has 0 fully saturated rings. The fourth-order valence-electron chi connectivity index (χ4n) is 4.03. The van der Waals surface area contributed by atoms with Crippen LogP contribution >= 0.6 is 0 Å². The highest BCUT2D eigenvalue weighted by atomic mass is 16.3. The third kappa shape index (κ3) is 25.5. The van der Waals surface area contributed by atoms with Crippen molar-refractivity contribution in [2.24, 2.45) is 0 Å². The van der Waals surface area contributed by atoms with Gasteiger partial charge in [0, 0.05) is 0 Å². The molecule has 0 aromatic heterocycles. The molecule has 0 aliphatic heterocycles. The first kappa shape index (κ1) is 29.4. The molecule has 1 heteroatoms. The zero-order chi connectivity index (χ0) is 22.0. The van der Waals surface area contributed by atoms with E-state index in [0.29, 0.717) is 0 Å². The minimum atomic E-state index is -0.0454. The maximum absolute atomic E-state index is 10.1. The fraction of sp³-hybridized carbons (Fsp3) is 0.862. The predicted molar refractivity (Wildman–Crippen MR) is 137 cm³/mol. The fourth-order valence-corrected chi connectivity index (χ4v) is 4.03. The predicted octanol–water partition coefficient (Wildman–Crippen LogP) is 10.1. The molecule has 1 unspecified atom stereocenters. The van der Waals surface area contributed by atoms with E-state index in [1.54, 1.807) is 0 Å². The second kappa shape index (κ2) is 26.5. The number of aliphatic hydroxyl groups is 1. The van der Waals surface area contributed by atoms with E-state index >= 15 is 0 Å². The molecule has 178 valence electrons. The van der Waals surface area contributed by atoms with E-state index in [2.05, 4.69) is 38.2 Å². The maximum Gasteiger partial charge on any atom is 0.0540 e. The van der Waals surface area contributed by atoms with Crippen molar-refractivity contribution in [2.45, 2.75) is 161 Å². The summed E-state index contributed by atoms with van der Waals surface area (Å²) in [6.07, 6.45) is 37.7. The van der Waals surface area contributed by atoms with Crippen LogP contribution in [0, 0.1) is 0 Å². The van der Waals surface area contributed by atoms with Gasteiger partial charge >= 0.3 is 0 Å². The summed E-state index contributed by atoms with van der Waals surface area (Å²) in [6.45, 7) is 4.53. The molecule has 0 aliphatic carbocycles. The standard InChI is InChI=1S/C29H56O/c1-3-5-7-9-11-13-14-15-16-17-18-19-20-22-24-26-28-29(30)27-25-23-21-12-10-8-6-4-2/h11,13,15-16,29-30H,3-10,12,14,17-28H2,1-2H3/b13-11-,16-15-. The third-order valence-corrected chi connectivity index (χ3v) is 6.13. The molecule has 30 heavy (non-hydrogen) atoms. The van der Waals surface area contributed by atoms with Gasteiger partial charge in [0.05, 0.1) is 6.10 Å². The molecule has 1 N–H and O–H groups in total.